The van der Waals surface area contributed by atoms with Crippen LogP contribution in [0.5, 0.6) is 0 Å². The second-order valence-electron chi connectivity index (χ2n) is 6.54. The third-order valence-electron chi connectivity index (χ3n) is 4.84. The van der Waals surface area contributed by atoms with Crippen molar-refractivity contribution in [3.63, 3.8) is 0 Å². The fraction of sp³-hybridized carbons (Fsp3) is 0.444. The molecule has 2 unspecified atom stereocenters. The van der Waals surface area contributed by atoms with Gasteiger partial charge in [-0.1, -0.05) is 36.0 Å². The van der Waals surface area contributed by atoms with Crippen LogP contribution in [0.2, 0.25) is 0 Å². The van der Waals surface area contributed by atoms with Gasteiger partial charge in [-0.15, -0.1) is 0 Å². The molecule has 2 aliphatic heterocycles. The second kappa shape index (κ2) is 5.87. The summed E-state index contributed by atoms with van der Waals surface area (Å²) in [5.41, 5.74) is 0.471. The zero-order chi connectivity index (χ0) is 16.0. The number of hydrogen-bond donors (Lipinski definition) is 0. The molecule has 0 spiro atoms. The van der Waals surface area contributed by atoms with E-state index in [4.69, 9.17) is 0 Å². The van der Waals surface area contributed by atoms with Crippen molar-refractivity contribution >= 4 is 22.7 Å². The number of benzene rings is 1. The van der Waals surface area contributed by atoms with Gasteiger partial charge in [-0.05, 0) is 23.8 Å². The van der Waals surface area contributed by atoms with E-state index in [2.05, 4.69) is 0 Å². The maximum Gasteiger partial charge on any atom is 0.194 e. The highest BCUT2D eigenvalue weighted by Gasteiger charge is 2.42. The van der Waals surface area contributed by atoms with Crippen molar-refractivity contribution in [2.24, 2.45) is 11.8 Å². The SMILES string of the molecule is O=C1CC2CN(C(C(=O)C3CC3)c3ccccc3F)CC=C2S1. The van der Waals surface area contributed by atoms with Gasteiger partial charge in [-0.25, -0.2) is 4.39 Å². The molecule has 0 aromatic heterocycles. The molecule has 2 atom stereocenters. The molecule has 5 heteroatoms. The third-order valence-corrected chi connectivity index (χ3v) is 5.97. The minimum Gasteiger partial charge on any atom is -0.297 e. The van der Waals surface area contributed by atoms with Crippen LogP contribution in [0.3, 0.4) is 0 Å². The van der Waals surface area contributed by atoms with Crippen molar-refractivity contribution in [3.8, 4) is 0 Å². The lowest BCUT2D eigenvalue weighted by Gasteiger charge is -2.35. The number of nitrogens with zero attached hydrogens (tertiary/aromatic N) is 1. The van der Waals surface area contributed by atoms with Gasteiger partial charge in [-0.3, -0.25) is 14.5 Å². The molecule has 23 heavy (non-hydrogen) atoms. The van der Waals surface area contributed by atoms with Crippen LogP contribution in [0.4, 0.5) is 4.39 Å². The van der Waals surface area contributed by atoms with Crippen LogP contribution in [0.25, 0.3) is 0 Å². The van der Waals surface area contributed by atoms with Gasteiger partial charge in [0.15, 0.2) is 10.9 Å². The number of carbonyl (C=O) groups is 2. The van der Waals surface area contributed by atoms with Gasteiger partial charge in [-0.2, -0.15) is 0 Å². The molecule has 2 heterocycles. The molecule has 0 amide bonds. The number of halogens is 1. The minimum atomic E-state index is -0.526. The largest absolute Gasteiger partial charge is 0.297 e. The van der Waals surface area contributed by atoms with Gasteiger partial charge < -0.3 is 0 Å². The maximum absolute atomic E-state index is 14.3. The van der Waals surface area contributed by atoms with Gasteiger partial charge in [0.2, 0.25) is 0 Å². The topological polar surface area (TPSA) is 37.4 Å². The Kier molecular flexibility index (Phi) is 3.85. The Balaban J connectivity index is 1.65. The van der Waals surface area contributed by atoms with Crippen molar-refractivity contribution in [3.05, 3.63) is 46.6 Å². The Morgan fingerprint density at radius 3 is 2.83 bits per heavy atom. The molecule has 0 radical (unpaired) electrons. The Labute approximate surface area is 138 Å². The summed E-state index contributed by atoms with van der Waals surface area (Å²) in [7, 11) is 0. The summed E-state index contributed by atoms with van der Waals surface area (Å²) in [6.45, 7) is 1.26. The number of Topliss-reactive ketones (excluding diaryl/α,β-unsaturated/α-hetero) is 1. The summed E-state index contributed by atoms with van der Waals surface area (Å²) < 4.78 is 14.3. The zero-order valence-corrected chi connectivity index (χ0v) is 13.5. The minimum absolute atomic E-state index is 0.0737. The highest BCUT2D eigenvalue weighted by atomic mass is 32.2. The van der Waals surface area contributed by atoms with Crippen LogP contribution in [0, 0.1) is 17.7 Å². The van der Waals surface area contributed by atoms with Crippen molar-refractivity contribution < 1.29 is 14.0 Å². The van der Waals surface area contributed by atoms with Gasteiger partial charge in [0.1, 0.15) is 5.82 Å². The molecular weight excluding hydrogens is 313 g/mol. The van der Waals surface area contributed by atoms with Gasteiger partial charge in [0, 0.05) is 36.9 Å². The van der Waals surface area contributed by atoms with E-state index in [1.165, 1.54) is 17.8 Å². The first-order valence-corrected chi connectivity index (χ1v) is 8.88. The average molecular weight is 331 g/mol. The van der Waals surface area contributed by atoms with Crippen LogP contribution in [0.1, 0.15) is 30.9 Å². The lowest BCUT2D eigenvalue weighted by molar-refractivity contribution is -0.126. The van der Waals surface area contributed by atoms with E-state index >= 15 is 0 Å². The number of hydrogen-bond acceptors (Lipinski definition) is 4. The lowest BCUT2D eigenvalue weighted by atomic mass is 9.93. The number of carbonyl (C=O) groups excluding carboxylic acids is 2. The molecule has 1 aromatic rings. The Morgan fingerprint density at radius 1 is 1.30 bits per heavy atom. The van der Waals surface area contributed by atoms with Crippen LogP contribution in [-0.4, -0.2) is 28.9 Å². The number of thioether (sulfide) groups is 1. The maximum atomic E-state index is 14.3. The van der Waals surface area contributed by atoms with Crippen molar-refractivity contribution in [1.29, 1.82) is 0 Å². The predicted molar refractivity (Wildman–Crippen MR) is 87.2 cm³/mol. The molecule has 3 nitrogen and oxygen atoms in total. The molecule has 2 fully saturated rings. The Morgan fingerprint density at radius 2 is 2.09 bits per heavy atom. The van der Waals surface area contributed by atoms with E-state index in [-0.39, 0.29) is 28.6 Å². The lowest BCUT2D eigenvalue weighted by Crippen LogP contribution is -2.40. The van der Waals surface area contributed by atoms with Crippen molar-refractivity contribution in [1.82, 2.24) is 4.90 Å². The molecule has 1 aliphatic carbocycles. The number of ketones is 1. The molecule has 1 saturated carbocycles. The molecule has 3 aliphatic rings. The summed E-state index contributed by atoms with van der Waals surface area (Å²) in [5, 5.41) is 0.194. The Hall–Kier alpha value is -1.46. The quantitative estimate of drug-likeness (QED) is 0.848. The highest BCUT2D eigenvalue weighted by Crippen LogP contribution is 2.43. The van der Waals surface area contributed by atoms with Crippen LogP contribution >= 0.6 is 11.8 Å². The van der Waals surface area contributed by atoms with Gasteiger partial charge in [0.25, 0.3) is 0 Å². The van der Waals surface area contributed by atoms with Crippen molar-refractivity contribution in [2.45, 2.75) is 25.3 Å². The fourth-order valence-electron chi connectivity index (χ4n) is 3.51. The van der Waals surface area contributed by atoms with Gasteiger partial charge in [0.05, 0.1) is 6.04 Å². The molecule has 0 N–H and O–H groups in total. The first-order valence-electron chi connectivity index (χ1n) is 8.06. The summed E-state index contributed by atoms with van der Waals surface area (Å²) in [4.78, 5) is 27.6. The molecule has 1 aromatic carbocycles. The first kappa shape index (κ1) is 15.1. The second-order valence-corrected chi connectivity index (χ2v) is 7.67. The molecule has 0 bridgehead atoms. The monoisotopic (exact) mass is 331 g/mol. The van der Waals surface area contributed by atoms with Gasteiger partial charge >= 0.3 is 0 Å². The average Bonchev–Trinajstić information content (AvgIpc) is 3.31. The standard InChI is InChI=1S/C18H18FNO2S/c19-14-4-2-1-3-13(14)17(18(22)11-5-6-11)20-8-7-15-12(10-20)9-16(21)23-15/h1-4,7,11-12,17H,5-6,8-10H2. The van der Waals surface area contributed by atoms with E-state index < -0.39 is 6.04 Å². The van der Waals surface area contributed by atoms with Crippen LogP contribution in [-0.2, 0) is 9.59 Å². The molecule has 1 saturated heterocycles. The molecular formula is C18H18FNO2S. The van der Waals surface area contributed by atoms with E-state index in [1.807, 2.05) is 11.0 Å². The van der Waals surface area contributed by atoms with Crippen LogP contribution < -0.4 is 0 Å². The molecule has 4 rings (SSSR count). The zero-order valence-electron chi connectivity index (χ0n) is 12.7. The van der Waals surface area contributed by atoms with E-state index in [9.17, 15) is 14.0 Å². The molecule has 120 valence electrons. The van der Waals surface area contributed by atoms with Crippen molar-refractivity contribution in [2.75, 3.05) is 13.1 Å². The fourth-order valence-corrected chi connectivity index (χ4v) is 4.54. The highest BCUT2D eigenvalue weighted by molar-refractivity contribution is 8.17. The summed E-state index contributed by atoms with van der Waals surface area (Å²) >= 11 is 1.33. The van der Waals surface area contributed by atoms with Crippen LogP contribution in [0.15, 0.2) is 35.2 Å². The van der Waals surface area contributed by atoms with E-state index in [0.29, 0.717) is 25.1 Å². The van der Waals surface area contributed by atoms with E-state index in [0.717, 1.165) is 17.7 Å². The third kappa shape index (κ3) is 2.88. The summed E-state index contributed by atoms with van der Waals surface area (Å²) in [5.74, 6) is 0.0502. The Bertz CT molecular complexity index is 698. The number of rotatable bonds is 4. The first-order chi connectivity index (χ1) is 11.1. The van der Waals surface area contributed by atoms with E-state index in [1.54, 1.807) is 18.2 Å². The summed E-state index contributed by atoms with van der Waals surface area (Å²) in [6.07, 6.45) is 4.39. The predicted octanol–water partition coefficient (Wildman–Crippen LogP) is 3.33. The normalized spacial score (nSPS) is 25.9. The smallest absolute Gasteiger partial charge is 0.194 e. The number of fused-ring (bicyclic) bond motifs is 1. The summed E-state index contributed by atoms with van der Waals surface area (Å²) in [6, 6.07) is 6.04.